The lowest BCUT2D eigenvalue weighted by molar-refractivity contribution is -0.363. The van der Waals surface area contributed by atoms with Gasteiger partial charge in [0, 0.05) is 0 Å². The van der Waals surface area contributed by atoms with Gasteiger partial charge < -0.3 is 89.7 Å². The Morgan fingerprint density at radius 3 is 1.85 bits per heavy atom. The fourth-order valence-corrected chi connectivity index (χ4v) is 14.8. The number of ether oxygens (including phenoxy) is 6. The maximum Gasteiger partial charge on any atom is 0.315 e. The smallest absolute Gasteiger partial charge is 0.315 e. The molecule has 0 unspecified atom stereocenters. The van der Waals surface area contributed by atoms with E-state index in [-0.39, 0.29) is 34.0 Å². The van der Waals surface area contributed by atoms with Crippen molar-refractivity contribution in [3.63, 3.8) is 0 Å². The lowest BCUT2D eigenvalue weighted by Gasteiger charge is -2.71. The van der Waals surface area contributed by atoms with Gasteiger partial charge in [-0.3, -0.25) is 9.59 Å². The van der Waals surface area contributed by atoms with Crippen LogP contribution in [0, 0.1) is 50.2 Å². The maximum atomic E-state index is 15.3. The number of aliphatic hydroxyl groups excluding tert-OH is 11. The highest BCUT2D eigenvalue weighted by Gasteiger charge is 2.71. The molecule has 68 heavy (non-hydrogen) atoms. The number of carbonyl (C=O) groups excluding carboxylic acids is 1. The van der Waals surface area contributed by atoms with Gasteiger partial charge in [0.25, 0.3) is 0 Å². The third-order valence-corrected chi connectivity index (χ3v) is 19.4. The average Bonchev–Trinajstić information content (AvgIpc) is 3.29. The molecule has 3 saturated heterocycles. The molecule has 0 radical (unpaired) electrons. The van der Waals surface area contributed by atoms with E-state index in [4.69, 9.17) is 28.4 Å². The van der Waals surface area contributed by atoms with E-state index < -0.39 is 146 Å². The summed E-state index contributed by atoms with van der Waals surface area (Å²) in [6.45, 7) is 10.6. The van der Waals surface area contributed by atoms with Gasteiger partial charge in [-0.05, 0) is 111 Å². The topological polar surface area (TPSA) is 332 Å². The third kappa shape index (κ3) is 8.03. The zero-order valence-electron chi connectivity index (χ0n) is 39.9. The fourth-order valence-electron chi connectivity index (χ4n) is 14.8. The van der Waals surface area contributed by atoms with Crippen LogP contribution < -0.4 is 0 Å². The first-order chi connectivity index (χ1) is 31.8. The highest BCUT2D eigenvalue weighted by molar-refractivity contribution is 5.79. The molecule has 7 fully saturated rings. The number of carboxylic acid groups (broad SMARTS) is 1. The number of esters is 1. The number of allylic oxidation sites excluding steroid dienone is 2. The van der Waals surface area contributed by atoms with Crippen molar-refractivity contribution < 1.29 is 99.3 Å². The van der Waals surface area contributed by atoms with E-state index >= 15 is 4.79 Å². The first kappa shape index (κ1) is 52.4. The van der Waals surface area contributed by atoms with Crippen LogP contribution in [0.15, 0.2) is 11.6 Å². The van der Waals surface area contributed by atoms with E-state index in [9.17, 15) is 66.1 Å². The van der Waals surface area contributed by atoms with Crippen molar-refractivity contribution in [1.82, 2.24) is 0 Å². The van der Waals surface area contributed by atoms with Gasteiger partial charge in [0.2, 0.25) is 6.29 Å². The zero-order chi connectivity index (χ0) is 49.8. The summed E-state index contributed by atoms with van der Waals surface area (Å²) >= 11 is 0. The summed E-state index contributed by atoms with van der Waals surface area (Å²) in [5.41, 5.74) is -2.48. The SMILES string of the molecule is CC1(C)CC[C@]2(C(=O)O[C@@H]3O[C@H](CO[C@@H]4O[C@H](CO)[C@@H](O)[C@H](O)[C@H]4O)[C@@H](O)[C@H](O[C@@H]4O[C@H](CO)[C@@H](O)[C@H](O)[C@H]4O)[C@H]3O)CC[C@]3(C)C(=CC[C@@H]4[C@@]5(C)CC[C@H](O)[C@@](C)(C(=O)O)[C@@H]5CC[C@]43C)[C@@H]2C1. The molecule has 0 amide bonds. The number of carbonyl (C=O) groups is 2. The highest BCUT2D eigenvalue weighted by atomic mass is 16.8. The highest BCUT2D eigenvalue weighted by Crippen LogP contribution is 2.76. The minimum absolute atomic E-state index is 0.102. The largest absolute Gasteiger partial charge is 0.481 e. The molecule has 0 aromatic rings. The van der Waals surface area contributed by atoms with Gasteiger partial charge in [-0.15, -0.1) is 0 Å². The Balaban J connectivity index is 1.09. The van der Waals surface area contributed by atoms with Gasteiger partial charge in [0.05, 0.1) is 36.8 Å². The molecule has 0 aromatic heterocycles. The molecule has 5 aliphatic carbocycles. The van der Waals surface area contributed by atoms with Crippen molar-refractivity contribution in [3.8, 4) is 0 Å². The summed E-state index contributed by atoms with van der Waals surface area (Å²) < 4.78 is 35.0. The maximum absolute atomic E-state index is 15.3. The first-order valence-electron chi connectivity index (χ1n) is 24.5. The number of aliphatic carboxylic acids is 1. The second-order valence-electron chi connectivity index (χ2n) is 23.3. The molecule has 0 aromatic carbocycles. The molecule has 20 heteroatoms. The summed E-state index contributed by atoms with van der Waals surface area (Å²) in [6, 6.07) is 0. The lowest BCUT2D eigenvalue weighted by atomic mass is 9.33. The minimum atomic E-state index is -1.98. The van der Waals surface area contributed by atoms with Crippen LogP contribution in [-0.4, -0.2) is 191 Å². The van der Waals surface area contributed by atoms with Gasteiger partial charge in [-0.2, -0.15) is 0 Å². The van der Waals surface area contributed by atoms with Crippen molar-refractivity contribution >= 4 is 11.9 Å². The number of rotatable bonds is 10. The summed E-state index contributed by atoms with van der Waals surface area (Å²) in [6.07, 6.45) is -19.1. The molecule has 20 nitrogen and oxygen atoms in total. The van der Waals surface area contributed by atoms with E-state index in [1.54, 1.807) is 6.92 Å². The van der Waals surface area contributed by atoms with Crippen molar-refractivity contribution in [2.24, 2.45) is 50.2 Å². The van der Waals surface area contributed by atoms with Crippen LogP contribution in [0.3, 0.4) is 0 Å². The summed E-state index contributed by atoms with van der Waals surface area (Å²) in [7, 11) is 0. The number of hydrogen-bond donors (Lipinski definition) is 12. The first-order valence-corrected chi connectivity index (χ1v) is 24.5. The van der Waals surface area contributed by atoms with Crippen molar-refractivity contribution in [2.75, 3.05) is 19.8 Å². The molecular weight excluding hydrogens is 897 g/mol. The predicted molar refractivity (Wildman–Crippen MR) is 232 cm³/mol. The molecule has 12 N–H and O–H groups in total. The quantitative estimate of drug-likeness (QED) is 0.0942. The van der Waals surface area contributed by atoms with Crippen LogP contribution in [-0.2, 0) is 38.0 Å². The fraction of sp³-hybridized carbons (Fsp3) is 0.917. The van der Waals surface area contributed by atoms with Gasteiger partial charge in [0.1, 0.15) is 73.2 Å². The molecular formula is C48H76O20. The normalized spacial score (nSPS) is 53.4. The number of carboxylic acids is 1. The molecule has 3 aliphatic heterocycles. The Kier molecular flexibility index (Phi) is 14.3. The number of hydrogen-bond acceptors (Lipinski definition) is 19. The van der Waals surface area contributed by atoms with E-state index in [1.807, 2.05) is 0 Å². The van der Waals surface area contributed by atoms with E-state index in [0.717, 1.165) is 12.0 Å². The van der Waals surface area contributed by atoms with Gasteiger partial charge in [0.15, 0.2) is 12.6 Å². The third-order valence-electron chi connectivity index (χ3n) is 19.4. The Hall–Kier alpha value is -1.96. The van der Waals surface area contributed by atoms with Crippen LogP contribution in [0.2, 0.25) is 0 Å². The van der Waals surface area contributed by atoms with Crippen LogP contribution in [0.4, 0.5) is 0 Å². The number of aliphatic hydroxyl groups is 11. The standard InChI is InChI=1S/C48H76O20/c1-43(2)13-15-48(16-14-45(4)21(22(48)17-43)7-8-26-44(3)11-10-28(51)47(6,41(60)61)27(44)9-12-46(26,45)5)42(62)68-40-36(59)37(67-39-35(58)33(56)30(53)24(19-50)65-39)31(54)25(66-40)20-63-38-34(57)32(55)29(52)23(18-49)64-38/h7,22-40,49-59H,8-20H2,1-6H3,(H,60,61)/t22-,23+,24+,25+,26+,27+,28-,29+,30+,31+,32-,33-,34+,35+,36+,37-,38+,39-,40-,44+,45+,46+,47-,48-/m0/s1. The Morgan fingerprint density at radius 1 is 0.647 bits per heavy atom. The molecule has 24 atom stereocenters. The van der Waals surface area contributed by atoms with Crippen LogP contribution in [0.5, 0.6) is 0 Å². The van der Waals surface area contributed by atoms with E-state index in [2.05, 4.69) is 40.7 Å². The molecule has 388 valence electrons. The van der Waals surface area contributed by atoms with Crippen LogP contribution >= 0.6 is 0 Å². The second kappa shape index (κ2) is 18.5. The predicted octanol–water partition coefficient (Wildman–Crippen LogP) is -0.795. The van der Waals surface area contributed by atoms with Crippen molar-refractivity contribution in [2.45, 2.75) is 204 Å². The lowest BCUT2D eigenvalue weighted by Crippen LogP contribution is -2.67. The Bertz CT molecular complexity index is 1900. The summed E-state index contributed by atoms with van der Waals surface area (Å²) in [4.78, 5) is 28.2. The molecule has 3 heterocycles. The van der Waals surface area contributed by atoms with Gasteiger partial charge in [-0.1, -0.05) is 46.3 Å². The zero-order valence-corrected chi connectivity index (χ0v) is 39.9. The van der Waals surface area contributed by atoms with Gasteiger partial charge in [-0.25, -0.2) is 0 Å². The Morgan fingerprint density at radius 2 is 1.24 bits per heavy atom. The average molecular weight is 973 g/mol. The molecule has 0 bridgehead atoms. The molecule has 8 aliphatic rings. The van der Waals surface area contributed by atoms with Gasteiger partial charge >= 0.3 is 11.9 Å². The molecule has 0 spiro atoms. The monoisotopic (exact) mass is 972 g/mol. The Labute approximate surface area is 396 Å². The second-order valence-corrected chi connectivity index (χ2v) is 23.3. The van der Waals surface area contributed by atoms with Crippen LogP contribution in [0.25, 0.3) is 0 Å². The minimum Gasteiger partial charge on any atom is -0.481 e. The molecule has 4 saturated carbocycles. The van der Waals surface area contributed by atoms with E-state index in [0.29, 0.717) is 57.8 Å². The van der Waals surface area contributed by atoms with Crippen LogP contribution in [0.1, 0.15) is 106 Å². The van der Waals surface area contributed by atoms with Crippen molar-refractivity contribution in [1.29, 1.82) is 0 Å². The summed E-state index contributed by atoms with van der Waals surface area (Å²) in [5, 5.41) is 128. The van der Waals surface area contributed by atoms with E-state index in [1.165, 1.54) is 0 Å². The number of fused-ring (bicyclic) bond motifs is 7. The summed E-state index contributed by atoms with van der Waals surface area (Å²) in [5.74, 6) is -2.09. The van der Waals surface area contributed by atoms with Crippen molar-refractivity contribution in [3.05, 3.63) is 11.6 Å². The molecule has 8 rings (SSSR count).